The van der Waals surface area contributed by atoms with E-state index in [1.807, 2.05) is 44.2 Å². The summed E-state index contributed by atoms with van der Waals surface area (Å²) in [7, 11) is 0. The van der Waals surface area contributed by atoms with Gasteiger partial charge in [0.2, 0.25) is 11.8 Å². The molecule has 0 fully saturated rings. The van der Waals surface area contributed by atoms with Crippen molar-refractivity contribution in [2.24, 2.45) is 5.92 Å². The molecule has 6 heteroatoms. The molecule has 1 aromatic heterocycles. The summed E-state index contributed by atoms with van der Waals surface area (Å²) in [6, 6.07) is 9.58. The van der Waals surface area contributed by atoms with Crippen molar-refractivity contribution in [1.82, 2.24) is 9.97 Å². The van der Waals surface area contributed by atoms with Crippen LogP contribution in [-0.2, 0) is 0 Å². The number of nitrogens with one attached hydrogen (secondary N) is 1. The molecule has 1 aromatic carbocycles. The molecule has 1 heterocycles. The molecule has 106 valence electrons. The van der Waals surface area contributed by atoms with Gasteiger partial charge in [0, 0.05) is 5.69 Å². The lowest BCUT2D eigenvalue weighted by molar-refractivity contribution is 0.263. The van der Waals surface area contributed by atoms with Crippen LogP contribution in [0.3, 0.4) is 0 Å². The molecule has 6 nitrogen and oxygen atoms in total. The molecule has 20 heavy (non-hydrogen) atoms. The minimum absolute atomic E-state index is 0.206. The number of nitrogens with zero attached hydrogens (tertiary/aromatic N) is 2. The second-order valence-corrected chi connectivity index (χ2v) is 4.85. The predicted molar refractivity (Wildman–Crippen MR) is 80.9 cm³/mol. The molecule has 0 bridgehead atoms. The molecule has 0 aliphatic rings. The summed E-state index contributed by atoms with van der Waals surface area (Å²) >= 11 is 0. The Morgan fingerprint density at radius 3 is 2.50 bits per heavy atom. The molecule has 0 atom stereocenters. The highest BCUT2D eigenvalue weighted by Gasteiger charge is 2.11. The summed E-state index contributed by atoms with van der Waals surface area (Å²) in [6.45, 7) is 4.61. The Morgan fingerprint density at radius 1 is 1.15 bits per heavy atom. The van der Waals surface area contributed by atoms with Crippen molar-refractivity contribution in [1.29, 1.82) is 0 Å². The van der Waals surface area contributed by atoms with Gasteiger partial charge in [0.15, 0.2) is 5.82 Å². The van der Waals surface area contributed by atoms with Crippen LogP contribution in [-0.4, -0.2) is 16.6 Å². The van der Waals surface area contributed by atoms with Gasteiger partial charge in [-0.25, -0.2) is 0 Å². The first-order valence-corrected chi connectivity index (χ1v) is 6.44. The molecule has 2 aromatic rings. The van der Waals surface area contributed by atoms with Crippen LogP contribution in [0.15, 0.2) is 30.3 Å². The molecule has 0 unspecified atom stereocenters. The second kappa shape index (κ2) is 6.10. The largest absolute Gasteiger partial charge is 0.476 e. The molecule has 0 saturated heterocycles. The van der Waals surface area contributed by atoms with E-state index in [0.29, 0.717) is 24.4 Å². The van der Waals surface area contributed by atoms with Crippen LogP contribution < -0.4 is 21.5 Å². The third kappa shape index (κ3) is 3.50. The smallest absolute Gasteiger partial charge is 0.244 e. The minimum Gasteiger partial charge on any atom is -0.476 e. The number of hydrogen-bond acceptors (Lipinski definition) is 6. The first kappa shape index (κ1) is 13.9. The van der Waals surface area contributed by atoms with Gasteiger partial charge in [-0.05, 0) is 18.1 Å². The van der Waals surface area contributed by atoms with Gasteiger partial charge < -0.3 is 21.5 Å². The fourth-order valence-electron chi connectivity index (χ4n) is 1.53. The Bertz CT molecular complexity index is 571. The predicted octanol–water partition coefficient (Wildman–Crippen LogP) is 2.42. The Hall–Kier alpha value is -2.50. The van der Waals surface area contributed by atoms with E-state index in [2.05, 4.69) is 15.3 Å². The van der Waals surface area contributed by atoms with Crippen LogP contribution in [0.5, 0.6) is 5.88 Å². The van der Waals surface area contributed by atoms with E-state index in [-0.39, 0.29) is 11.5 Å². The topological polar surface area (TPSA) is 99.1 Å². The molecule has 0 aliphatic carbocycles. The van der Waals surface area contributed by atoms with E-state index < -0.39 is 0 Å². The number of hydrogen-bond donors (Lipinski definition) is 3. The Morgan fingerprint density at radius 2 is 1.85 bits per heavy atom. The molecule has 0 radical (unpaired) electrons. The zero-order valence-electron chi connectivity index (χ0n) is 11.6. The standard InChI is InChI=1S/C14H19N5O/c1-9(2)8-20-13-11(15)12(16)18-14(19-13)17-10-6-4-3-5-7-10/h3-7,9H,8,15H2,1-2H3,(H3,16,17,18,19). The maximum Gasteiger partial charge on any atom is 0.244 e. The number of nitrogens with two attached hydrogens (primary N) is 2. The number of benzene rings is 1. The van der Waals surface area contributed by atoms with Gasteiger partial charge in [-0.15, -0.1) is 0 Å². The summed E-state index contributed by atoms with van der Waals surface area (Å²) < 4.78 is 5.56. The van der Waals surface area contributed by atoms with Crippen LogP contribution >= 0.6 is 0 Å². The number of nitrogen functional groups attached to an aromatic ring is 2. The van der Waals surface area contributed by atoms with Crippen molar-refractivity contribution in [2.45, 2.75) is 13.8 Å². The minimum atomic E-state index is 0.206. The van der Waals surface area contributed by atoms with Crippen molar-refractivity contribution in [3.8, 4) is 5.88 Å². The number of aromatic nitrogens is 2. The third-order valence-electron chi connectivity index (χ3n) is 2.52. The highest BCUT2D eigenvalue weighted by atomic mass is 16.5. The van der Waals surface area contributed by atoms with Crippen molar-refractivity contribution in [3.63, 3.8) is 0 Å². The van der Waals surface area contributed by atoms with E-state index in [1.165, 1.54) is 0 Å². The number of anilines is 4. The third-order valence-corrected chi connectivity index (χ3v) is 2.52. The summed E-state index contributed by atoms with van der Waals surface area (Å²) in [5.41, 5.74) is 12.7. The lowest BCUT2D eigenvalue weighted by atomic mass is 10.2. The first-order chi connectivity index (χ1) is 9.56. The summed E-state index contributed by atoms with van der Waals surface area (Å²) in [4.78, 5) is 8.36. The van der Waals surface area contributed by atoms with Crippen molar-refractivity contribution < 1.29 is 4.74 Å². The lowest BCUT2D eigenvalue weighted by Crippen LogP contribution is -2.11. The number of ether oxygens (including phenoxy) is 1. The van der Waals surface area contributed by atoms with Crippen LogP contribution in [0.4, 0.5) is 23.1 Å². The van der Waals surface area contributed by atoms with Gasteiger partial charge >= 0.3 is 0 Å². The fourth-order valence-corrected chi connectivity index (χ4v) is 1.53. The Balaban J connectivity index is 2.21. The second-order valence-electron chi connectivity index (χ2n) is 4.85. The zero-order valence-corrected chi connectivity index (χ0v) is 11.6. The van der Waals surface area contributed by atoms with Crippen molar-refractivity contribution in [3.05, 3.63) is 30.3 Å². The highest BCUT2D eigenvalue weighted by molar-refractivity contribution is 5.67. The van der Waals surface area contributed by atoms with Gasteiger partial charge in [-0.2, -0.15) is 9.97 Å². The summed E-state index contributed by atoms with van der Waals surface area (Å²) in [5.74, 6) is 1.25. The van der Waals surface area contributed by atoms with Gasteiger partial charge in [0.05, 0.1) is 6.61 Å². The first-order valence-electron chi connectivity index (χ1n) is 6.44. The van der Waals surface area contributed by atoms with Gasteiger partial charge in [0.25, 0.3) is 0 Å². The quantitative estimate of drug-likeness (QED) is 0.773. The summed E-state index contributed by atoms with van der Waals surface area (Å²) in [6.07, 6.45) is 0. The molecular weight excluding hydrogens is 254 g/mol. The molecule has 0 spiro atoms. The molecular formula is C14H19N5O. The lowest BCUT2D eigenvalue weighted by Gasteiger charge is -2.13. The van der Waals surface area contributed by atoms with Gasteiger partial charge in [-0.1, -0.05) is 32.0 Å². The van der Waals surface area contributed by atoms with E-state index in [9.17, 15) is 0 Å². The van der Waals surface area contributed by atoms with E-state index in [1.54, 1.807) is 0 Å². The van der Waals surface area contributed by atoms with Crippen molar-refractivity contribution >= 4 is 23.1 Å². The van der Waals surface area contributed by atoms with E-state index in [4.69, 9.17) is 16.2 Å². The average molecular weight is 273 g/mol. The zero-order chi connectivity index (χ0) is 14.5. The Labute approximate surface area is 118 Å². The van der Waals surface area contributed by atoms with E-state index in [0.717, 1.165) is 5.69 Å². The number of para-hydroxylation sites is 1. The van der Waals surface area contributed by atoms with Crippen LogP contribution in [0.2, 0.25) is 0 Å². The van der Waals surface area contributed by atoms with Crippen LogP contribution in [0, 0.1) is 5.92 Å². The maximum absolute atomic E-state index is 5.83. The van der Waals surface area contributed by atoms with Crippen molar-refractivity contribution in [2.75, 3.05) is 23.4 Å². The van der Waals surface area contributed by atoms with Crippen LogP contribution in [0.25, 0.3) is 0 Å². The SMILES string of the molecule is CC(C)COc1nc(Nc2ccccc2)nc(N)c1N. The molecule has 5 N–H and O–H groups in total. The fraction of sp³-hybridized carbons (Fsp3) is 0.286. The Kier molecular flexibility index (Phi) is 4.24. The summed E-state index contributed by atoms with van der Waals surface area (Å²) in [5, 5.41) is 3.06. The molecule has 0 aliphatic heterocycles. The number of rotatable bonds is 5. The average Bonchev–Trinajstić information content (AvgIpc) is 2.42. The normalized spacial score (nSPS) is 10.6. The van der Waals surface area contributed by atoms with Crippen LogP contribution in [0.1, 0.15) is 13.8 Å². The molecule has 0 saturated carbocycles. The highest BCUT2D eigenvalue weighted by Crippen LogP contribution is 2.26. The van der Waals surface area contributed by atoms with Gasteiger partial charge in [0.1, 0.15) is 5.69 Å². The maximum atomic E-state index is 5.83. The van der Waals surface area contributed by atoms with E-state index >= 15 is 0 Å². The van der Waals surface area contributed by atoms with Gasteiger partial charge in [-0.3, -0.25) is 0 Å². The molecule has 2 rings (SSSR count). The monoisotopic (exact) mass is 273 g/mol. The molecule has 0 amide bonds.